The Bertz CT molecular complexity index is 737. The number of fused-ring (bicyclic) bond motifs is 1. The number of hydrogen-bond acceptors (Lipinski definition) is 3. The quantitative estimate of drug-likeness (QED) is 0.377. The molecular weight excluding hydrogens is 403 g/mol. The largest absolute Gasteiger partial charge is 0.459 e. The number of aromatic nitrogens is 1. The molecule has 0 aliphatic heterocycles. The third kappa shape index (κ3) is 4.95. The van der Waals surface area contributed by atoms with E-state index < -0.39 is 0 Å². The molecule has 3 N–H and O–H groups in total. The van der Waals surface area contributed by atoms with Crippen LogP contribution >= 0.6 is 24.0 Å². The van der Waals surface area contributed by atoms with Crippen molar-refractivity contribution in [2.75, 3.05) is 6.54 Å². The Morgan fingerprint density at radius 1 is 1.17 bits per heavy atom. The first-order valence-electron chi connectivity index (χ1n) is 7.22. The molecule has 0 aliphatic carbocycles. The van der Waals surface area contributed by atoms with Crippen molar-refractivity contribution in [1.29, 1.82) is 0 Å². The number of nitrogens with two attached hydrogens (primary N) is 1. The molecule has 3 aromatic rings. The van der Waals surface area contributed by atoms with Crippen LogP contribution in [0.15, 0.2) is 64.1 Å². The monoisotopic (exact) mass is 422 g/mol. The number of halogens is 1. The maximum atomic E-state index is 5.86. The summed E-state index contributed by atoms with van der Waals surface area (Å²) in [6.45, 7) is 1.13. The van der Waals surface area contributed by atoms with Crippen molar-refractivity contribution in [3.63, 3.8) is 0 Å². The van der Waals surface area contributed by atoms with Crippen molar-refractivity contribution >= 4 is 40.9 Å². The predicted octanol–water partition coefficient (Wildman–Crippen LogP) is 3.09. The zero-order chi connectivity index (χ0) is 15.2. The maximum absolute atomic E-state index is 5.86. The molecule has 2 aromatic heterocycles. The molecule has 3 rings (SSSR count). The van der Waals surface area contributed by atoms with E-state index in [2.05, 4.69) is 15.3 Å². The summed E-state index contributed by atoms with van der Waals surface area (Å²) in [6, 6.07) is 15.7. The van der Waals surface area contributed by atoms with E-state index in [0.717, 1.165) is 28.8 Å². The van der Waals surface area contributed by atoms with Gasteiger partial charge in [-0.3, -0.25) is 4.98 Å². The average Bonchev–Trinajstić information content (AvgIpc) is 2.97. The number of nitrogens with one attached hydrogen (secondary N) is 1. The SMILES string of the molecule is I.NC(=NCc1cc2ccccc2o1)NCCc1ccccn1. The molecule has 6 heteroatoms. The van der Waals surface area contributed by atoms with Crippen molar-refractivity contribution in [1.82, 2.24) is 10.3 Å². The first-order valence-corrected chi connectivity index (χ1v) is 7.22. The lowest BCUT2D eigenvalue weighted by atomic mass is 10.2. The van der Waals surface area contributed by atoms with E-state index in [-0.39, 0.29) is 24.0 Å². The van der Waals surface area contributed by atoms with E-state index in [1.165, 1.54) is 0 Å². The van der Waals surface area contributed by atoms with Crippen LogP contribution in [0.3, 0.4) is 0 Å². The van der Waals surface area contributed by atoms with Gasteiger partial charge in [0.25, 0.3) is 0 Å². The Balaban J connectivity index is 0.00000192. The lowest BCUT2D eigenvalue weighted by Gasteiger charge is -2.04. The summed E-state index contributed by atoms with van der Waals surface area (Å²) in [4.78, 5) is 8.55. The lowest BCUT2D eigenvalue weighted by molar-refractivity contribution is 0.552. The van der Waals surface area contributed by atoms with Crippen LogP contribution < -0.4 is 11.1 Å². The Labute approximate surface area is 152 Å². The molecule has 0 bridgehead atoms. The molecule has 1 aromatic carbocycles. The van der Waals surface area contributed by atoms with Gasteiger partial charge in [-0.1, -0.05) is 24.3 Å². The van der Waals surface area contributed by atoms with E-state index in [4.69, 9.17) is 10.2 Å². The van der Waals surface area contributed by atoms with Gasteiger partial charge in [0.05, 0.1) is 0 Å². The highest BCUT2D eigenvalue weighted by Crippen LogP contribution is 2.19. The van der Waals surface area contributed by atoms with Gasteiger partial charge in [-0.25, -0.2) is 4.99 Å². The molecule has 23 heavy (non-hydrogen) atoms. The Morgan fingerprint density at radius 2 is 2.00 bits per heavy atom. The van der Waals surface area contributed by atoms with Gasteiger partial charge in [-0.15, -0.1) is 24.0 Å². The van der Waals surface area contributed by atoms with Gasteiger partial charge < -0.3 is 15.5 Å². The average molecular weight is 422 g/mol. The maximum Gasteiger partial charge on any atom is 0.189 e. The summed E-state index contributed by atoms with van der Waals surface area (Å²) in [5, 5.41) is 4.16. The number of rotatable bonds is 5. The van der Waals surface area contributed by atoms with Gasteiger partial charge in [0.15, 0.2) is 5.96 Å². The molecule has 0 spiro atoms. The van der Waals surface area contributed by atoms with Gasteiger partial charge in [-0.05, 0) is 24.3 Å². The van der Waals surface area contributed by atoms with Crippen molar-refractivity contribution < 1.29 is 4.42 Å². The molecule has 0 radical (unpaired) electrons. The van der Waals surface area contributed by atoms with Gasteiger partial charge >= 0.3 is 0 Å². The minimum atomic E-state index is 0. The molecular formula is C17H19IN4O. The fraction of sp³-hybridized carbons (Fsp3) is 0.176. The first-order chi connectivity index (χ1) is 10.8. The normalized spacial score (nSPS) is 11.2. The number of benzene rings is 1. The molecule has 5 nitrogen and oxygen atoms in total. The molecule has 0 saturated heterocycles. The number of para-hydroxylation sites is 1. The second-order valence-electron chi connectivity index (χ2n) is 4.95. The standard InChI is InChI=1S/C17H18N4O.HI/c18-17(20-10-8-14-6-3-4-9-19-14)21-12-15-11-13-5-1-2-7-16(13)22-15;/h1-7,9,11H,8,10,12H2,(H3,18,20,21);1H. The highest BCUT2D eigenvalue weighted by Gasteiger charge is 2.02. The number of guanidine groups is 1. The number of nitrogens with zero attached hydrogens (tertiary/aromatic N) is 2. The third-order valence-electron chi connectivity index (χ3n) is 3.30. The molecule has 2 heterocycles. The van der Waals surface area contributed by atoms with Crippen molar-refractivity contribution in [2.24, 2.45) is 10.7 Å². The topological polar surface area (TPSA) is 76.4 Å². The predicted molar refractivity (Wildman–Crippen MR) is 103 cm³/mol. The van der Waals surface area contributed by atoms with Crippen molar-refractivity contribution in [3.05, 3.63) is 66.2 Å². The summed E-state index contributed by atoms with van der Waals surface area (Å²) >= 11 is 0. The smallest absolute Gasteiger partial charge is 0.189 e. The lowest BCUT2D eigenvalue weighted by Crippen LogP contribution is -2.33. The second-order valence-corrected chi connectivity index (χ2v) is 4.95. The van der Waals surface area contributed by atoms with Crippen LogP contribution in [-0.2, 0) is 13.0 Å². The van der Waals surface area contributed by atoms with Crippen molar-refractivity contribution in [3.8, 4) is 0 Å². The van der Waals surface area contributed by atoms with Gasteiger partial charge in [0.2, 0.25) is 0 Å². The Kier molecular flexibility index (Phi) is 6.40. The highest BCUT2D eigenvalue weighted by atomic mass is 127. The van der Waals surface area contributed by atoms with E-state index in [9.17, 15) is 0 Å². The Hall–Kier alpha value is -2.09. The zero-order valence-corrected chi connectivity index (χ0v) is 14.9. The zero-order valence-electron chi connectivity index (χ0n) is 12.6. The molecule has 0 amide bonds. The van der Waals surface area contributed by atoms with Gasteiger partial charge in [0.1, 0.15) is 17.9 Å². The van der Waals surface area contributed by atoms with Crippen molar-refractivity contribution in [2.45, 2.75) is 13.0 Å². The van der Waals surface area contributed by atoms with E-state index in [1.807, 2.05) is 48.5 Å². The van der Waals surface area contributed by atoms with Crippen LogP contribution in [0, 0.1) is 0 Å². The number of aliphatic imine (C=N–C) groups is 1. The van der Waals surface area contributed by atoms with Gasteiger partial charge in [-0.2, -0.15) is 0 Å². The van der Waals surface area contributed by atoms with Crippen LogP contribution in [0.4, 0.5) is 0 Å². The summed E-state index contributed by atoms with van der Waals surface area (Å²) < 4.78 is 5.69. The minimum absolute atomic E-state index is 0. The van der Waals surface area contributed by atoms with Crippen LogP contribution in [0.25, 0.3) is 11.0 Å². The van der Waals surface area contributed by atoms with Crippen LogP contribution in [0.2, 0.25) is 0 Å². The molecule has 0 atom stereocenters. The minimum Gasteiger partial charge on any atom is -0.459 e. The van der Waals surface area contributed by atoms with E-state index >= 15 is 0 Å². The molecule has 0 unspecified atom stereocenters. The number of hydrogen-bond donors (Lipinski definition) is 2. The fourth-order valence-corrected chi connectivity index (χ4v) is 2.20. The highest BCUT2D eigenvalue weighted by molar-refractivity contribution is 14.0. The summed E-state index contributed by atoms with van der Waals surface area (Å²) in [7, 11) is 0. The van der Waals surface area contributed by atoms with Gasteiger partial charge in [0, 0.05) is 30.2 Å². The summed E-state index contributed by atoms with van der Waals surface area (Å²) in [6.07, 6.45) is 2.59. The summed E-state index contributed by atoms with van der Waals surface area (Å²) in [5.41, 5.74) is 7.75. The molecule has 0 fully saturated rings. The third-order valence-corrected chi connectivity index (χ3v) is 3.30. The van der Waals surface area contributed by atoms with E-state index in [0.29, 0.717) is 19.0 Å². The Morgan fingerprint density at radius 3 is 2.78 bits per heavy atom. The number of pyridine rings is 1. The molecule has 0 aliphatic rings. The molecule has 0 saturated carbocycles. The van der Waals surface area contributed by atoms with Crippen LogP contribution in [0.5, 0.6) is 0 Å². The summed E-state index contributed by atoms with van der Waals surface area (Å²) in [5.74, 6) is 1.21. The second kappa shape index (κ2) is 8.52. The molecule has 120 valence electrons. The van der Waals surface area contributed by atoms with E-state index in [1.54, 1.807) is 6.20 Å². The number of furan rings is 1. The van der Waals surface area contributed by atoms with Crippen LogP contribution in [-0.4, -0.2) is 17.5 Å². The fourth-order valence-electron chi connectivity index (χ4n) is 2.20. The van der Waals surface area contributed by atoms with Crippen LogP contribution in [0.1, 0.15) is 11.5 Å². The first kappa shape index (κ1) is 17.3.